The van der Waals surface area contributed by atoms with Gasteiger partial charge in [0.15, 0.2) is 0 Å². The Kier molecular flexibility index (Phi) is 5.17. The molecule has 8 heteroatoms. The second-order valence-corrected chi connectivity index (χ2v) is 8.43. The van der Waals surface area contributed by atoms with Crippen LogP contribution in [0.4, 0.5) is 0 Å². The molecular formula is C20H20N2O5S. The number of H-pyrrole nitrogens is 1. The second kappa shape index (κ2) is 7.75. The number of aromatic nitrogens is 1. The van der Waals surface area contributed by atoms with E-state index in [0.717, 1.165) is 10.9 Å². The fourth-order valence-electron chi connectivity index (χ4n) is 3.20. The van der Waals surface area contributed by atoms with Crippen LogP contribution in [0.3, 0.4) is 0 Å². The molecule has 2 aromatic carbocycles. The van der Waals surface area contributed by atoms with E-state index in [9.17, 15) is 13.2 Å². The molecule has 0 spiro atoms. The van der Waals surface area contributed by atoms with Gasteiger partial charge >= 0.3 is 5.97 Å². The van der Waals surface area contributed by atoms with Crippen LogP contribution < -0.4 is 0 Å². The lowest BCUT2D eigenvalue weighted by molar-refractivity contribution is 0.0475. The van der Waals surface area contributed by atoms with Crippen molar-refractivity contribution in [2.24, 2.45) is 0 Å². The average molecular weight is 400 g/mol. The molecule has 1 fully saturated rings. The molecule has 1 aliphatic rings. The van der Waals surface area contributed by atoms with E-state index in [4.69, 9.17) is 9.47 Å². The van der Waals surface area contributed by atoms with Crippen molar-refractivity contribution in [1.29, 1.82) is 0 Å². The van der Waals surface area contributed by atoms with Crippen LogP contribution in [0.15, 0.2) is 59.6 Å². The lowest BCUT2D eigenvalue weighted by Crippen LogP contribution is -2.40. The second-order valence-electron chi connectivity index (χ2n) is 6.49. The van der Waals surface area contributed by atoms with Gasteiger partial charge in [0.1, 0.15) is 6.61 Å². The normalized spacial score (nSPS) is 15.6. The molecule has 2 heterocycles. The highest BCUT2D eigenvalue weighted by molar-refractivity contribution is 7.89. The highest BCUT2D eigenvalue weighted by Crippen LogP contribution is 2.21. The first kappa shape index (κ1) is 18.7. The maximum atomic E-state index is 12.8. The zero-order valence-corrected chi connectivity index (χ0v) is 15.9. The SMILES string of the molecule is O=C(OCc1cccc(S(=O)(=O)N2CCOCC2)c1)c1c[nH]c2ccccc12. The molecule has 1 aliphatic heterocycles. The van der Waals surface area contributed by atoms with Crippen molar-refractivity contribution in [3.8, 4) is 0 Å². The van der Waals surface area contributed by atoms with Crippen molar-refractivity contribution < 1.29 is 22.7 Å². The van der Waals surface area contributed by atoms with Crippen LogP contribution in [0.25, 0.3) is 10.9 Å². The van der Waals surface area contributed by atoms with Crippen LogP contribution in [0.2, 0.25) is 0 Å². The number of rotatable bonds is 5. The Balaban J connectivity index is 1.48. The number of ether oxygens (including phenoxy) is 2. The molecule has 0 atom stereocenters. The largest absolute Gasteiger partial charge is 0.457 e. The molecule has 0 aliphatic carbocycles. The molecule has 1 saturated heterocycles. The monoisotopic (exact) mass is 400 g/mol. The Labute approximate surface area is 162 Å². The minimum Gasteiger partial charge on any atom is -0.457 e. The van der Waals surface area contributed by atoms with Gasteiger partial charge in [0.25, 0.3) is 0 Å². The Hall–Kier alpha value is -2.68. The third-order valence-electron chi connectivity index (χ3n) is 4.69. The van der Waals surface area contributed by atoms with E-state index in [2.05, 4.69) is 4.98 Å². The van der Waals surface area contributed by atoms with Crippen LogP contribution >= 0.6 is 0 Å². The minimum absolute atomic E-state index is 0.00912. The molecule has 0 bridgehead atoms. The molecule has 4 rings (SSSR count). The van der Waals surface area contributed by atoms with E-state index < -0.39 is 16.0 Å². The number of morpholine rings is 1. The minimum atomic E-state index is -3.59. The first-order chi connectivity index (χ1) is 13.6. The van der Waals surface area contributed by atoms with E-state index in [0.29, 0.717) is 37.4 Å². The maximum absolute atomic E-state index is 12.8. The Bertz CT molecular complexity index is 1100. The number of benzene rings is 2. The number of carbonyl (C=O) groups is 1. The van der Waals surface area contributed by atoms with Crippen LogP contribution in [0, 0.1) is 0 Å². The molecule has 28 heavy (non-hydrogen) atoms. The number of nitrogens with one attached hydrogen (secondary N) is 1. The van der Waals surface area contributed by atoms with Crippen molar-refractivity contribution in [2.75, 3.05) is 26.3 Å². The first-order valence-electron chi connectivity index (χ1n) is 8.96. The molecule has 0 radical (unpaired) electrons. The first-order valence-corrected chi connectivity index (χ1v) is 10.4. The zero-order valence-electron chi connectivity index (χ0n) is 15.1. The molecule has 0 saturated carbocycles. The van der Waals surface area contributed by atoms with Gasteiger partial charge in [-0.05, 0) is 23.8 Å². The third kappa shape index (κ3) is 3.66. The number of nitrogens with zero attached hydrogens (tertiary/aromatic N) is 1. The summed E-state index contributed by atoms with van der Waals surface area (Å²) in [6.45, 7) is 1.44. The molecule has 1 N–H and O–H groups in total. The summed E-state index contributed by atoms with van der Waals surface area (Å²) in [6, 6.07) is 14.0. The predicted octanol–water partition coefficient (Wildman–Crippen LogP) is 2.55. The summed E-state index contributed by atoms with van der Waals surface area (Å²) < 4.78 is 37.6. The van der Waals surface area contributed by atoms with Gasteiger partial charge in [0.2, 0.25) is 10.0 Å². The summed E-state index contributed by atoms with van der Waals surface area (Å²) in [5.41, 5.74) is 1.92. The van der Waals surface area contributed by atoms with Crippen molar-refractivity contribution >= 4 is 26.9 Å². The van der Waals surface area contributed by atoms with Crippen LogP contribution in [0.1, 0.15) is 15.9 Å². The van der Waals surface area contributed by atoms with Gasteiger partial charge in [-0.2, -0.15) is 4.31 Å². The van der Waals surface area contributed by atoms with E-state index in [1.807, 2.05) is 24.3 Å². The molecule has 7 nitrogen and oxygen atoms in total. The van der Waals surface area contributed by atoms with Crippen LogP contribution in [0.5, 0.6) is 0 Å². The number of carbonyl (C=O) groups excluding carboxylic acids is 1. The number of fused-ring (bicyclic) bond motifs is 1. The Morgan fingerprint density at radius 3 is 2.71 bits per heavy atom. The molecule has 0 amide bonds. The topological polar surface area (TPSA) is 88.7 Å². The number of hydrogen-bond donors (Lipinski definition) is 1. The van der Waals surface area contributed by atoms with E-state index >= 15 is 0 Å². The number of aromatic amines is 1. The van der Waals surface area contributed by atoms with Gasteiger partial charge < -0.3 is 14.5 Å². The van der Waals surface area contributed by atoms with Crippen molar-refractivity contribution in [1.82, 2.24) is 9.29 Å². The van der Waals surface area contributed by atoms with Crippen molar-refractivity contribution in [3.63, 3.8) is 0 Å². The smallest absolute Gasteiger partial charge is 0.340 e. The summed E-state index contributed by atoms with van der Waals surface area (Å²) in [6.07, 6.45) is 1.62. The van der Waals surface area contributed by atoms with Crippen LogP contribution in [-0.2, 0) is 26.1 Å². The van der Waals surface area contributed by atoms with E-state index in [1.54, 1.807) is 30.5 Å². The molecule has 3 aromatic rings. The fraction of sp³-hybridized carbons (Fsp3) is 0.250. The number of sulfonamides is 1. The summed E-state index contributed by atoms with van der Waals surface area (Å²) in [5.74, 6) is -0.459. The lowest BCUT2D eigenvalue weighted by Gasteiger charge is -2.26. The molecule has 0 unspecified atom stereocenters. The average Bonchev–Trinajstić information content (AvgIpc) is 3.17. The zero-order chi connectivity index (χ0) is 19.6. The van der Waals surface area contributed by atoms with Gasteiger partial charge in [-0.1, -0.05) is 30.3 Å². The number of para-hydroxylation sites is 1. The summed E-state index contributed by atoms with van der Waals surface area (Å²) in [5, 5.41) is 0.788. The number of esters is 1. The predicted molar refractivity (Wildman–Crippen MR) is 103 cm³/mol. The van der Waals surface area contributed by atoms with Crippen LogP contribution in [-0.4, -0.2) is 50.0 Å². The Morgan fingerprint density at radius 2 is 1.89 bits per heavy atom. The summed E-state index contributed by atoms with van der Waals surface area (Å²) >= 11 is 0. The highest BCUT2D eigenvalue weighted by Gasteiger charge is 2.26. The van der Waals surface area contributed by atoms with Gasteiger partial charge in [0, 0.05) is 30.2 Å². The quantitative estimate of drug-likeness (QED) is 0.665. The Morgan fingerprint density at radius 1 is 1.11 bits per heavy atom. The van der Waals surface area contributed by atoms with Crippen molar-refractivity contribution in [3.05, 3.63) is 65.9 Å². The molecular weight excluding hydrogens is 380 g/mol. The molecule has 146 valence electrons. The van der Waals surface area contributed by atoms with Gasteiger partial charge in [-0.25, -0.2) is 13.2 Å². The van der Waals surface area contributed by atoms with Gasteiger partial charge in [-0.3, -0.25) is 0 Å². The summed E-state index contributed by atoms with van der Waals surface area (Å²) in [4.78, 5) is 15.7. The highest BCUT2D eigenvalue weighted by atomic mass is 32.2. The third-order valence-corrected chi connectivity index (χ3v) is 6.58. The van der Waals surface area contributed by atoms with Gasteiger partial charge in [-0.15, -0.1) is 0 Å². The summed E-state index contributed by atoms with van der Waals surface area (Å²) in [7, 11) is -3.59. The standard InChI is InChI=1S/C20H20N2O5S/c23-20(18-13-21-19-7-2-1-6-17(18)19)27-14-15-4-3-5-16(12-15)28(24,25)22-8-10-26-11-9-22/h1-7,12-13,21H,8-11,14H2. The fourth-order valence-corrected chi connectivity index (χ4v) is 4.68. The lowest BCUT2D eigenvalue weighted by atomic mass is 10.2. The maximum Gasteiger partial charge on any atom is 0.340 e. The molecule has 1 aromatic heterocycles. The van der Waals surface area contributed by atoms with Gasteiger partial charge in [0.05, 0.1) is 23.7 Å². The number of hydrogen-bond acceptors (Lipinski definition) is 5. The van der Waals surface area contributed by atoms with E-state index in [1.165, 1.54) is 4.31 Å². The van der Waals surface area contributed by atoms with E-state index in [-0.39, 0.29) is 11.5 Å². The van der Waals surface area contributed by atoms with Crippen molar-refractivity contribution in [2.45, 2.75) is 11.5 Å².